The number of hydrogen-bond donors (Lipinski definition) is 4. The Hall–Kier alpha value is -3.73. The molecule has 1 aromatic heterocycles. The average molecular weight is 538 g/mol. The van der Waals surface area contributed by atoms with Crippen LogP contribution in [0.15, 0.2) is 52.8 Å². The summed E-state index contributed by atoms with van der Waals surface area (Å²) in [6.45, 7) is 8.65. The summed E-state index contributed by atoms with van der Waals surface area (Å²) in [6.07, 6.45) is 1.87. The number of ether oxygens (including phenoxy) is 1. The molecule has 0 aliphatic carbocycles. The molecule has 4 rings (SSSR count). The zero-order valence-electron chi connectivity index (χ0n) is 22.0. The number of hydrogen-bond acceptors (Lipinski definition) is 7. The third-order valence-corrected chi connectivity index (χ3v) is 7.92. The van der Waals surface area contributed by atoms with Gasteiger partial charge in [0, 0.05) is 44.6 Å². The van der Waals surface area contributed by atoms with Crippen LogP contribution in [0.2, 0.25) is 0 Å². The van der Waals surface area contributed by atoms with Gasteiger partial charge in [-0.3, -0.25) is 10.2 Å². The number of oxime groups is 1. The minimum Gasteiger partial charge on any atom is -0.490 e. The number of likely N-dealkylation sites (tertiary alicyclic amines) is 1. The van der Waals surface area contributed by atoms with Crippen LogP contribution in [0.25, 0.3) is 11.0 Å². The van der Waals surface area contributed by atoms with E-state index in [1.54, 1.807) is 18.2 Å². The van der Waals surface area contributed by atoms with E-state index >= 15 is 0 Å². The first-order valence-electron chi connectivity index (χ1n) is 12.8. The van der Waals surface area contributed by atoms with Gasteiger partial charge in [-0.2, -0.15) is 0 Å². The highest BCUT2D eigenvalue weighted by Crippen LogP contribution is 2.37. The van der Waals surface area contributed by atoms with Crippen molar-refractivity contribution in [3.05, 3.63) is 53.6 Å². The molecule has 5 N–H and O–H groups in total. The number of aromatic nitrogens is 2. The molecular weight excluding hydrogens is 502 g/mol. The van der Waals surface area contributed by atoms with Crippen LogP contribution < -0.4 is 10.5 Å². The van der Waals surface area contributed by atoms with Crippen molar-refractivity contribution < 1.29 is 14.7 Å². The molecule has 0 spiro atoms. The van der Waals surface area contributed by atoms with E-state index in [2.05, 4.69) is 20.0 Å². The SMILES string of the molecule is CCN(CC)C(=O)C(Sc1nc2ccc(C(N)=NO)cc2[nH]1)c1ccc(OC2CCN(C(C)=N)CC2)cc1. The molecule has 202 valence electrons. The molecule has 10 nitrogen and oxygen atoms in total. The lowest BCUT2D eigenvalue weighted by Crippen LogP contribution is -2.40. The van der Waals surface area contributed by atoms with Crippen LogP contribution >= 0.6 is 11.8 Å². The lowest BCUT2D eigenvalue weighted by atomic mass is 10.1. The monoisotopic (exact) mass is 537 g/mol. The number of benzene rings is 2. The molecular formula is C27H35N7O3S. The highest BCUT2D eigenvalue weighted by atomic mass is 32.2. The van der Waals surface area contributed by atoms with E-state index < -0.39 is 5.25 Å². The number of aromatic amines is 1. The van der Waals surface area contributed by atoms with Crippen LogP contribution in [-0.4, -0.2) is 74.8 Å². The van der Waals surface area contributed by atoms with Crippen molar-refractivity contribution in [3.8, 4) is 5.75 Å². The molecule has 11 heteroatoms. The van der Waals surface area contributed by atoms with Gasteiger partial charge in [-0.05, 0) is 56.7 Å². The maximum absolute atomic E-state index is 13.5. The van der Waals surface area contributed by atoms with E-state index in [1.165, 1.54) is 11.8 Å². The lowest BCUT2D eigenvalue weighted by Gasteiger charge is -2.32. The third-order valence-electron chi connectivity index (χ3n) is 6.79. The summed E-state index contributed by atoms with van der Waals surface area (Å²) in [5.41, 5.74) is 8.63. The fraction of sp³-hybridized carbons (Fsp3) is 0.407. The summed E-state index contributed by atoms with van der Waals surface area (Å²) in [7, 11) is 0. The molecule has 1 fully saturated rings. The fourth-order valence-electron chi connectivity index (χ4n) is 4.56. The van der Waals surface area contributed by atoms with Crippen LogP contribution in [0, 0.1) is 5.41 Å². The minimum absolute atomic E-state index is 0.0147. The number of thioether (sulfide) groups is 1. The van der Waals surface area contributed by atoms with E-state index in [0.717, 1.165) is 48.3 Å². The molecule has 0 bridgehead atoms. The maximum atomic E-state index is 13.5. The van der Waals surface area contributed by atoms with Crippen LogP contribution in [-0.2, 0) is 4.79 Å². The smallest absolute Gasteiger partial charge is 0.240 e. The minimum atomic E-state index is -0.494. The Morgan fingerprint density at radius 3 is 2.55 bits per heavy atom. The molecule has 3 aromatic rings. The van der Waals surface area contributed by atoms with Crippen molar-refractivity contribution in [3.63, 3.8) is 0 Å². The average Bonchev–Trinajstić information content (AvgIpc) is 3.34. The molecule has 0 saturated carbocycles. The Balaban J connectivity index is 1.53. The summed E-state index contributed by atoms with van der Waals surface area (Å²) >= 11 is 1.36. The summed E-state index contributed by atoms with van der Waals surface area (Å²) in [5, 5.41) is 20.0. The molecule has 1 atom stereocenters. The van der Waals surface area contributed by atoms with E-state index in [1.807, 2.05) is 49.9 Å². The van der Waals surface area contributed by atoms with Crippen molar-refractivity contribution in [1.82, 2.24) is 19.8 Å². The Kier molecular flexibility index (Phi) is 8.77. The van der Waals surface area contributed by atoms with Gasteiger partial charge in [0.25, 0.3) is 0 Å². The van der Waals surface area contributed by atoms with Gasteiger partial charge in [-0.1, -0.05) is 29.1 Å². The third kappa shape index (κ3) is 6.21. The topological polar surface area (TPSA) is 144 Å². The van der Waals surface area contributed by atoms with Crippen LogP contribution in [0.4, 0.5) is 0 Å². The van der Waals surface area contributed by atoms with Crippen molar-refractivity contribution in [2.45, 2.75) is 50.1 Å². The number of amidine groups is 2. The number of nitrogens with two attached hydrogens (primary N) is 1. The van der Waals surface area contributed by atoms with Gasteiger partial charge in [0.05, 0.1) is 16.9 Å². The van der Waals surface area contributed by atoms with Gasteiger partial charge in [0.2, 0.25) is 5.91 Å². The second kappa shape index (κ2) is 12.2. The van der Waals surface area contributed by atoms with Crippen LogP contribution in [0.5, 0.6) is 5.75 Å². The maximum Gasteiger partial charge on any atom is 0.240 e. The highest BCUT2D eigenvalue weighted by Gasteiger charge is 2.28. The van der Waals surface area contributed by atoms with Gasteiger partial charge in [-0.25, -0.2) is 4.98 Å². The number of imidazole rings is 1. The number of piperidine rings is 1. The summed E-state index contributed by atoms with van der Waals surface area (Å²) in [6, 6.07) is 13.0. The summed E-state index contributed by atoms with van der Waals surface area (Å²) in [5.74, 6) is 1.41. The number of nitrogens with zero attached hydrogens (tertiary/aromatic N) is 4. The Morgan fingerprint density at radius 2 is 1.95 bits per heavy atom. The number of carbonyl (C=O) groups excluding carboxylic acids is 1. The normalized spacial score (nSPS) is 15.4. The predicted octanol–water partition coefficient (Wildman–Crippen LogP) is 4.20. The lowest BCUT2D eigenvalue weighted by molar-refractivity contribution is -0.130. The Bertz CT molecular complexity index is 1300. The number of carbonyl (C=O) groups is 1. The zero-order chi connectivity index (χ0) is 27.2. The molecule has 38 heavy (non-hydrogen) atoms. The van der Waals surface area contributed by atoms with Gasteiger partial charge < -0.3 is 30.5 Å². The molecule has 1 unspecified atom stereocenters. The number of H-pyrrole nitrogens is 1. The first-order chi connectivity index (χ1) is 18.3. The highest BCUT2D eigenvalue weighted by molar-refractivity contribution is 8.00. The van der Waals surface area contributed by atoms with Crippen LogP contribution in [0.3, 0.4) is 0 Å². The van der Waals surface area contributed by atoms with Crippen molar-refractivity contribution >= 4 is 40.4 Å². The fourth-order valence-corrected chi connectivity index (χ4v) is 5.64. The molecule has 2 heterocycles. The van der Waals surface area contributed by atoms with E-state index in [9.17, 15) is 4.79 Å². The van der Waals surface area contributed by atoms with Crippen molar-refractivity contribution in [1.29, 1.82) is 5.41 Å². The number of amides is 1. The van der Waals surface area contributed by atoms with E-state index in [0.29, 0.717) is 29.6 Å². The molecule has 1 aliphatic heterocycles. The largest absolute Gasteiger partial charge is 0.490 e. The molecule has 1 saturated heterocycles. The number of likely N-dealkylation sites (N-methyl/N-ethyl adjacent to an activating group) is 1. The number of nitrogens with one attached hydrogen (secondary N) is 2. The zero-order valence-corrected chi connectivity index (χ0v) is 22.8. The standard InChI is InChI=1S/C27H35N7O3S/c1-4-33(5-2)26(35)24(38-27-30-22-11-8-19(25(29)32-36)16-23(22)31-27)18-6-9-20(10-7-18)37-21-12-14-34(15-13-21)17(3)28/h6-11,16,21,24,28,36H,4-5,12-15H2,1-3H3,(H2,29,32)(H,30,31). The molecule has 2 aromatic carbocycles. The molecule has 1 aliphatic rings. The first-order valence-corrected chi connectivity index (χ1v) is 13.7. The van der Waals surface area contributed by atoms with Gasteiger partial charge in [0.15, 0.2) is 11.0 Å². The Morgan fingerprint density at radius 1 is 1.26 bits per heavy atom. The first kappa shape index (κ1) is 27.3. The van der Waals surface area contributed by atoms with E-state index in [4.69, 9.17) is 21.1 Å². The second-order valence-corrected chi connectivity index (χ2v) is 10.3. The van der Waals surface area contributed by atoms with Crippen LogP contribution in [0.1, 0.15) is 50.0 Å². The van der Waals surface area contributed by atoms with E-state index in [-0.39, 0.29) is 17.8 Å². The van der Waals surface area contributed by atoms with Gasteiger partial charge in [0.1, 0.15) is 17.1 Å². The summed E-state index contributed by atoms with van der Waals surface area (Å²) in [4.78, 5) is 25.4. The number of rotatable bonds is 9. The Labute approximate surface area is 226 Å². The predicted molar refractivity (Wildman–Crippen MR) is 150 cm³/mol. The van der Waals surface area contributed by atoms with Gasteiger partial charge >= 0.3 is 0 Å². The number of fused-ring (bicyclic) bond motifs is 1. The molecule has 1 amide bonds. The summed E-state index contributed by atoms with van der Waals surface area (Å²) < 4.78 is 6.21. The van der Waals surface area contributed by atoms with Crippen molar-refractivity contribution in [2.75, 3.05) is 26.2 Å². The quantitative estimate of drug-likeness (QED) is 0.105. The van der Waals surface area contributed by atoms with Gasteiger partial charge in [-0.15, -0.1) is 0 Å². The second-order valence-electron chi connectivity index (χ2n) is 9.23. The molecule has 0 radical (unpaired) electrons. The van der Waals surface area contributed by atoms with Crippen molar-refractivity contribution in [2.24, 2.45) is 10.9 Å².